The SMILES string of the molecule is CC(=O)C(Br)c1ccc(I)cc1C(F)F. The maximum Gasteiger partial charge on any atom is 0.264 e. The van der Waals surface area contributed by atoms with Crippen LogP contribution in [0.1, 0.15) is 29.3 Å². The Balaban J connectivity index is 3.22. The van der Waals surface area contributed by atoms with Gasteiger partial charge in [0.25, 0.3) is 6.43 Å². The predicted molar refractivity (Wildman–Crippen MR) is 66.5 cm³/mol. The first-order chi connectivity index (χ1) is 6.93. The zero-order valence-electron chi connectivity index (χ0n) is 7.81. The summed E-state index contributed by atoms with van der Waals surface area (Å²) >= 11 is 5.07. The molecule has 0 aliphatic carbocycles. The zero-order chi connectivity index (χ0) is 11.6. The zero-order valence-corrected chi connectivity index (χ0v) is 11.6. The summed E-state index contributed by atoms with van der Waals surface area (Å²) in [6, 6.07) is 4.67. The Labute approximate surface area is 109 Å². The number of carbonyl (C=O) groups excluding carboxylic acids is 1. The van der Waals surface area contributed by atoms with Gasteiger partial charge < -0.3 is 0 Å². The fourth-order valence-electron chi connectivity index (χ4n) is 1.18. The van der Waals surface area contributed by atoms with Gasteiger partial charge in [0.1, 0.15) is 5.78 Å². The smallest absolute Gasteiger partial charge is 0.264 e. The van der Waals surface area contributed by atoms with E-state index in [4.69, 9.17) is 0 Å². The Morgan fingerprint density at radius 1 is 1.40 bits per heavy atom. The van der Waals surface area contributed by atoms with Gasteiger partial charge in [0.05, 0.1) is 4.83 Å². The van der Waals surface area contributed by atoms with E-state index in [0.717, 1.165) is 3.57 Å². The molecule has 15 heavy (non-hydrogen) atoms. The second-order valence-corrected chi connectivity index (χ2v) is 5.21. The lowest BCUT2D eigenvalue weighted by molar-refractivity contribution is -0.116. The lowest BCUT2D eigenvalue weighted by atomic mass is 10.0. The standard InChI is InChI=1S/C10H8BrF2IO/c1-5(15)9(11)7-3-2-6(14)4-8(7)10(12)13/h2-4,9-10H,1H3. The molecule has 1 rings (SSSR count). The molecule has 0 radical (unpaired) electrons. The molecule has 1 aromatic carbocycles. The summed E-state index contributed by atoms with van der Waals surface area (Å²) < 4.78 is 26.1. The van der Waals surface area contributed by atoms with Crippen molar-refractivity contribution in [1.82, 2.24) is 0 Å². The number of halogens is 4. The first kappa shape index (κ1) is 13.0. The summed E-state index contributed by atoms with van der Waals surface area (Å²) in [4.78, 5) is 10.5. The van der Waals surface area contributed by atoms with Crippen LogP contribution in [0.5, 0.6) is 0 Å². The van der Waals surface area contributed by atoms with Gasteiger partial charge >= 0.3 is 0 Å². The molecule has 1 aromatic rings. The second kappa shape index (κ2) is 5.34. The van der Waals surface area contributed by atoms with E-state index < -0.39 is 11.3 Å². The van der Waals surface area contributed by atoms with E-state index in [2.05, 4.69) is 15.9 Å². The molecule has 0 amide bonds. The van der Waals surface area contributed by atoms with Crippen LogP contribution in [0.2, 0.25) is 0 Å². The summed E-state index contributed by atoms with van der Waals surface area (Å²) in [5.41, 5.74) is 0.261. The van der Waals surface area contributed by atoms with Crippen LogP contribution >= 0.6 is 38.5 Å². The Bertz CT molecular complexity index is 382. The van der Waals surface area contributed by atoms with Gasteiger partial charge in [0.15, 0.2) is 0 Å². The molecule has 0 N–H and O–H groups in total. The van der Waals surface area contributed by atoms with Crippen molar-refractivity contribution in [3.8, 4) is 0 Å². The van der Waals surface area contributed by atoms with Crippen LogP contribution in [0.25, 0.3) is 0 Å². The topological polar surface area (TPSA) is 17.1 Å². The minimum Gasteiger partial charge on any atom is -0.298 e. The van der Waals surface area contributed by atoms with E-state index >= 15 is 0 Å². The van der Waals surface area contributed by atoms with Crippen molar-refractivity contribution in [2.24, 2.45) is 0 Å². The Morgan fingerprint density at radius 2 is 2.00 bits per heavy atom. The summed E-state index contributed by atoms with van der Waals surface area (Å²) in [5.74, 6) is -0.182. The fraction of sp³-hybridized carbons (Fsp3) is 0.300. The summed E-state index contributed by atoms with van der Waals surface area (Å²) in [6.45, 7) is 1.37. The second-order valence-electron chi connectivity index (χ2n) is 3.05. The highest BCUT2D eigenvalue weighted by Gasteiger charge is 2.21. The molecule has 82 valence electrons. The molecule has 0 spiro atoms. The molecule has 0 saturated carbocycles. The Hall–Kier alpha value is -0.0400. The van der Waals surface area contributed by atoms with Crippen LogP contribution in [-0.2, 0) is 4.79 Å². The van der Waals surface area contributed by atoms with Gasteiger partial charge in [-0.05, 0) is 47.2 Å². The van der Waals surface area contributed by atoms with Crippen molar-refractivity contribution in [1.29, 1.82) is 0 Å². The van der Waals surface area contributed by atoms with E-state index in [1.54, 1.807) is 12.1 Å². The Morgan fingerprint density at radius 3 is 2.47 bits per heavy atom. The minimum atomic E-state index is -2.56. The minimum absolute atomic E-state index is 0.0843. The normalized spacial score (nSPS) is 12.9. The lowest BCUT2D eigenvalue weighted by Crippen LogP contribution is -2.05. The van der Waals surface area contributed by atoms with Gasteiger partial charge in [0, 0.05) is 9.13 Å². The van der Waals surface area contributed by atoms with Crippen molar-refractivity contribution < 1.29 is 13.6 Å². The average molecular weight is 389 g/mol. The molecular formula is C10H8BrF2IO. The lowest BCUT2D eigenvalue weighted by Gasteiger charge is -2.12. The highest BCUT2D eigenvalue weighted by atomic mass is 127. The van der Waals surface area contributed by atoms with Crippen LogP contribution in [-0.4, -0.2) is 5.78 Å². The molecular weight excluding hydrogens is 381 g/mol. The first-order valence-corrected chi connectivity index (χ1v) is 6.15. The molecule has 0 fully saturated rings. The molecule has 0 heterocycles. The number of alkyl halides is 3. The third-order valence-electron chi connectivity index (χ3n) is 1.91. The summed E-state index contributed by atoms with van der Waals surface area (Å²) in [6.07, 6.45) is -2.56. The van der Waals surface area contributed by atoms with Crippen LogP contribution in [0, 0.1) is 3.57 Å². The van der Waals surface area contributed by atoms with Crippen LogP contribution in [0.4, 0.5) is 8.78 Å². The van der Waals surface area contributed by atoms with Crippen LogP contribution in [0.3, 0.4) is 0 Å². The number of Topliss-reactive ketones (excluding diaryl/α,β-unsaturated/α-hetero) is 1. The molecule has 1 unspecified atom stereocenters. The summed E-state index contributed by atoms with van der Waals surface area (Å²) in [5, 5.41) is 0. The van der Waals surface area contributed by atoms with Gasteiger partial charge in [-0.1, -0.05) is 22.0 Å². The van der Waals surface area contributed by atoms with Gasteiger partial charge in [0.2, 0.25) is 0 Å². The number of hydrogen-bond donors (Lipinski definition) is 0. The number of ketones is 1. The van der Waals surface area contributed by atoms with E-state index in [-0.39, 0.29) is 11.3 Å². The molecule has 1 nitrogen and oxygen atoms in total. The number of hydrogen-bond acceptors (Lipinski definition) is 1. The van der Waals surface area contributed by atoms with Gasteiger partial charge in [-0.3, -0.25) is 4.79 Å². The van der Waals surface area contributed by atoms with Gasteiger partial charge in [-0.2, -0.15) is 0 Å². The van der Waals surface area contributed by atoms with Gasteiger partial charge in [-0.25, -0.2) is 8.78 Å². The van der Waals surface area contributed by atoms with E-state index in [1.165, 1.54) is 13.0 Å². The quantitative estimate of drug-likeness (QED) is 0.558. The number of benzene rings is 1. The molecule has 0 aromatic heterocycles. The number of carbonyl (C=O) groups is 1. The van der Waals surface area contributed by atoms with Crippen molar-refractivity contribution in [2.45, 2.75) is 18.2 Å². The van der Waals surface area contributed by atoms with Crippen molar-refractivity contribution in [3.63, 3.8) is 0 Å². The highest BCUT2D eigenvalue weighted by Crippen LogP contribution is 2.33. The first-order valence-electron chi connectivity index (χ1n) is 4.15. The maximum atomic E-state index is 12.7. The molecule has 0 bridgehead atoms. The predicted octanol–water partition coefficient (Wildman–Crippen LogP) is 4.25. The van der Waals surface area contributed by atoms with Crippen molar-refractivity contribution >= 4 is 44.3 Å². The van der Waals surface area contributed by atoms with Crippen LogP contribution < -0.4 is 0 Å². The van der Waals surface area contributed by atoms with E-state index in [0.29, 0.717) is 5.56 Å². The molecule has 0 aliphatic heterocycles. The molecule has 5 heteroatoms. The average Bonchev–Trinajstić information content (AvgIpc) is 2.16. The van der Waals surface area contributed by atoms with Crippen molar-refractivity contribution in [2.75, 3.05) is 0 Å². The summed E-state index contributed by atoms with van der Waals surface area (Å²) in [7, 11) is 0. The monoisotopic (exact) mass is 388 g/mol. The largest absolute Gasteiger partial charge is 0.298 e. The third-order valence-corrected chi connectivity index (χ3v) is 3.72. The highest BCUT2D eigenvalue weighted by molar-refractivity contribution is 14.1. The van der Waals surface area contributed by atoms with E-state index in [1.807, 2.05) is 22.6 Å². The Kier molecular flexibility index (Phi) is 4.64. The number of rotatable bonds is 3. The molecule has 1 atom stereocenters. The van der Waals surface area contributed by atoms with Crippen LogP contribution in [0.15, 0.2) is 18.2 Å². The maximum absolute atomic E-state index is 12.7. The molecule has 0 saturated heterocycles. The molecule has 0 aliphatic rings. The fourth-order valence-corrected chi connectivity index (χ4v) is 2.12. The van der Waals surface area contributed by atoms with Gasteiger partial charge in [-0.15, -0.1) is 0 Å². The van der Waals surface area contributed by atoms with Crippen molar-refractivity contribution in [3.05, 3.63) is 32.9 Å². The third kappa shape index (κ3) is 3.21. The van der Waals surface area contributed by atoms with E-state index in [9.17, 15) is 13.6 Å².